The van der Waals surface area contributed by atoms with Crippen molar-refractivity contribution in [3.05, 3.63) is 240 Å². The van der Waals surface area contributed by atoms with Crippen molar-refractivity contribution < 1.29 is 0 Å². The molecule has 0 atom stereocenters. The molecule has 0 saturated carbocycles. The zero-order valence-electron chi connectivity index (χ0n) is 34.4. The Morgan fingerprint density at radius 2 is 0.934 bits per heavy atom. The van der Waals surface area contributed by atoms with Crippen LogP contribution in [0.4, 0.5) is 0 Å². The van der Waals surface area contributed by atoms with Gasteiger partial charge in [-0.2, -0.15) is 0 Å². The molecular weight excluding hydrogens is 737 g/mol. The second-order valence-corrected chi connectivity index (χ2v) is 16.1. The third kappa shape index (κ3) is 5.78. The molecule has 0 N–H and O–H groups in total. The molecule has 2 nitrogen and oxygen atoms in total. The van der Waals surface area contributed by atoms with Gasteiger partial charge in [-0.05, 0) is 109 Å². The van der Waals surface area contributed by atoms with Gasteiger partial charge in [0, 0.05) is 16.5 Å². The minimum Gasteiger partial charge on any atom is -0.228 e. The Kier molecular flexibility index (Phi) is 9.01. The summed E-state index contributed by atoms with van der Waals surface area (Å²) in [7, 11) is 0. The Morgan fingerprint density at radius 3 is 1.66 bits per heavy atom. The van der Waals surface area contributed by atoms with Gasteiger partial charge in [-0.1, -0.05) is 202 Å². The quantitative estimate of drug-likeness (QED) is 0.153. The third-order valence-corrected chi connectivity index (χ3v) is 13.0. The number of fused-ring (bicyclic) bond motifs is 6. The molecule has 290 valence electrons. The van der Waals surface area contributed by atoms with E-state index in [0.717, 1.165) is 52.0 Å². The molecule has 2 heteroatoms. The average Bonchev–Trinajstić information content (AvgIpc) is 3.65. The lowest BCUT2D eigenvalue weighted by atomic mass is 9.66. The van der Waals surface area contributed by atoms with Crippen LogP contribution < -0.4 is 0 Å². The van der Waals surface area contributed by atoms with Crippen LogP contribution in [0.1, 0.15) is 47.2 Å². The van der Waals surface area contributed by atoms with Crippen LogP contribution in [0.3, 0.4) is 0 Å². The summed E-state index contributed by atoms with van der Waals surface area (Å²) in [5.74, 6) is 0.718. The van der Waals surface area contributed by atoms with Gasteiger partial charge >= 0.3 is 0 Å². The predicted molar refractivity (Wildman–Crippen MR) is 255 cm³/mol. The molecule has 1 aliphatic carbocycles. The summed E-state index contributed by atoms with van der Waals surface area (Å²) in [5.41, 5.74) is 18.7. The van der Waals surface area contributed by atoms with Crippen LogP contribution in [0.25, 0.3) is 77.7 Å². The molecular formula is C59H44N2. The van der Waals surface area contributed by atoms with Crippen LogP contribution in [0.2, 0.25) is 0 Å². The minimum absolute atomic E-state index is 0.506. The van der Waals surface area contributed by atoms with E-state index in [4.69, 9.17) is 9.97 Å². The fourth-order valence-electron chi connectivity index (χ4n) is 10.3. The molecule has 1 aliphatic rings. The summed E-state index contributed by atoms with van der Waals surface area (Å²) in [6, 6.07) is 75.4. The van der Waals surface area contributed by atoms with Gasteiger partial charge in [0.05, 0.1) is 16.6 Å². The molecule has 0 saturated heterocycles. The summed E-state index contributed by atoms with van der Waals surface area (Å²) in [6.07, 6.45) is 1.91. The molecule has 9 aromatic carbocycles. The monoisotopic (exact) mass is 780 g/mol. The zero-order chi connectivity index (χ0) is 40.9. The largest absolute Gasteiger partial charge is 0.228 e. The van der Waals surface area contributed by atoms with Gasteiger partial charge in [0.15, 0.2) is 5.82 Å². The second-order valence-electron chi connectivity index (χ2n) is 16.1. The highest BCUT2D eigenvalue weighted by Crippen LogP contribution is 2.59. The van der Waals surface area contributed by atoms with Crippen LogP contribution in [-0.2, 0) is 18.3 Å². The first-order valence-electron chi connectivity index (χ1n) is 21.5. The van der Waals surface area contributed by atoms with Crippen molar-refractivity contribution in [3.63, 3.8) is 0 Å². The number of aryl methyl sites for hydroxylation is 2. The molecule has 0 fully saturated rings. The Hall–Kier alpha value is -7.42. The zero-order valence-corrected chi connectivity index (χ0v) is 34.4. The number of hydrogen-bond donors (Lipinski definition) is 0. The molecule has 1 aromatic heterocycles. The van der Waals surface area contributed by atoms with Gasteiger partial charge in [0.25, 0.3) is 0 Å². The molecule has 1 heterocycles. The molecule has 0 spiro atoms. The highest BCUT2D eigenvalue weighted by molar-refractivity contribution is 6.09. The predicted octanol–water partition coefficient (Wildman–Crippen LogP) is 14.9. The van der Waals surface area contributed by atoms with Gasteiger partial charge < -0.3 is 0 Å². The lowest BCUT2D eigenvalue weighted by molar-refractivity contribution is 0.775. The van der Waals surface area contributed by atoms with E-state index in [1.165, 1.54) is 72.0 Å². The molecule has 0 radical (unpaired) electrons. The molecule has 11 rings (SSSR count). The average molecular weight is 781 g/mol. The normalized spacial score (nSPS) is 12.7. The maximum absolute atomic E-state index is 5.52. The van der Waals surface area contributed by atoms with E-state index in [1.54, 1.807) is 0 Å². The smallest absolute Gasteiger partial charge is 0.161 e. The lowest BCUT2D eigenvalue weighted by Crippen LogP contribution is -2.28. The minimum atomic E-state index is -0.506. The van der Waals surface area contributed by atoms with Crippen molar-refractivity contribution in [1.29, 1.82) is 0 Å². The summed E-state index contributed by atoms with van der Waals surface area (Å²) in [4.78, 5) is 10.8. The maximum Gasteiger partial charge on any atom is 0.161 e. The molecule has 0 bridgehead atoms. The Bertz CT molecular complexity index is 3230. The van der Waals surface area contributed by atoms with Crippen LogP contribution in [0, 0.1) is 0 Å². The highest BCUT2D eigenvalue weighted by atomic mass is 14.9. The number of hydrogen-bond acceptors (Lipinski definition) is 2. The fourth-order valence-corrected chi connectivity index (χ4v) is 10.3. The molecule has 61 heavy (non-hydrogen) atoms. The van der Waals surface area contributed by atoms with Gasteiger partial charge in [-0.3, -0.25) is 0 Å². The van der Waals surface area contributed by atoms with Crippen molar-refractivity contribution in [3.8, 4) is 56.0 Å². The highest BCUT2D eigenvalue weighted by Gasteiger charge is 2.47. The maximum atomic E-state index is 5.52. The van der Waals surface area contributed by atoms with E-state index >= 15 is 0 Å². The number of nitrogens with zero attached hydrogens (tertiary/aromatic N) is 2. The Labute approximate surface area is 357 Å². The van der Waals surface area contributed by atoms with Crippen LogP contribution >= 0.6 is 0 Å². The molecule has 0 aliphatic heterocycles. The van der Waals surface area contributed by atoms with Crippen LogP contribution in [0.15, 0.2) is 206 Å². The lowest BCUT2D eigenvalue weighted by Gasteiger charge is -2.35. The number of aromatic nitrogens is 2. The fraction of sp³-hybridized carbons (Fsp3) is 0.0847. The Morgan fingerprint density at radius 1 is 0.377 bits per heavy atom. The first-order valence-corrected chi connectivity index (χ1v) is 21.5. The van der Waals surface area contributed by atoms with Gasteiger partial charge in [-0.15, -0.1) is 0 Å². The second kappa shape index (κ2) is 15.0. The van der Waals surface area contributed by atoms with Crippen molar-refractivity contribution in [2.45, 2.75) is 32.1 Å². The first kappa shape index (κ1) is 36.6. The summed E-state index contributed by atoms with van der Waals surface area (Å²) in [5, 5.41) is 3.49. The van der Waals surface area contributed by atoms with Crippen molar-refractivity contribution in [1.82, 2.24) is 9.97 Å². The number of para-hydroxylation sites is 1. The number of rotatable bonds is 8. The van der Waals surface area contributed by atoms with Gasteiger partial charge in [0.2, 0.25) is 0 Å². The van der Waals surface area contributed by atoms with Gasteiger partial charge in [0.1, 0.15) is 0 Å². The van der Waals surface area contributed by atoms with E-state index in [2.05, 4.69) is 220 Å². The van der Waals surface area contributed by atoms with Crippen molar-refractivity contribution >= 4 is 21.7 Å². The summed E-state index contributed by atoms with van der Waals surface area (Å²) >= 11 is 0. The third-order valence-electron chi connectivity index (χ3n) is 13.0. The van der Waals surface area contributed by atoms with E-state index in [-0.39, 0.29) is 0 Å². The summed E-state index contributed by atoms with van der Waals surface area (Å²) in [6.45, 7) is 4.48. The van der Waals surface area contributed by atoms with Crippen molar-refractivity contribution in [2.24, 2.45) is 0 Å². The Balaban J connectivity index is 1.15. The van der Waals surface area contributed by atoms with E-state index in [0.29, 0.717) is 0 Å². The first-order chi connectivity index (χ1) is 30.2. The van der Waals surface area contributed by atoms with Crippen LogP contribution in [-0.4, -0.2) is 9.97 Å². The molecule has 0 amide bonds. The SMILES string of the molecule is CCc1ccccc1-c1ccc(-c2nc(-c3ccccc3-c3cc4c(c5ccccc35)C(c3ccccc3)(c3ccccc3)c3ccccc3-4)nc3ccccc23)cc1CC. The molecule has 0 unspecified atom stereocenters. The topological polar surface area (TPSA) is 25.8 Å². The van der Waals surface area contributed by atoms with Crippen molar-refractivity contribution in [2.75, 3.05) is 0 Å². The van der Waals surface area contributed by atoms with Crippen LogP contribution in [0.5, 0.6) is 0 Å². The number of benzene rings is 9. The van der Waals surface area contributed by atoms with E-state index in [9.17, 15) is 0 Å². The molecule has 10 aromatic rings. The summed E-state index contributed by atoms with van der Waals surface area (Å²) < 4.78 is 0. The standard InChI is InChI=1S/C59H44N2/c1-3-39-21-11-12-26-44(39)45-36-35-41(37-40(45)4-2)57-51-32-18-20-34-55(51)60-58(61-57)50-31-16-14-28-47(50)52-38-53-48-29-17-19-33-54(48)59(42-22-7-5-8-23-42,43-24-9-6-10-25-43)56(53)49-30-15-13-27-46(49)52/h5-38H,3-4H2,1-2H3. The van der Waals surface area contributed by atoms with Gasteiger partial charge in [-0.25, -0.2) is 9.97 Å². The van der Waals surface area contributed by atoms with E-state index in [1.807, 2.05) is 0 Å². The van der Waals surface area contributed by atoms with E-state index < -0.39 is 5.41 Å².